The van der Waals surface area contributed by atoms with Crippen molar-refractivity contribution in [2.75, 3.05) is 39.3 Å². The number of piperazine rings is 1. The van der Waals surface area contributed by atoms with Gasteiger partial charge >= 0.3 is 0 Å². The van der Waals surface area contributed by atoms with Gasteiger partial charge in [0.25, 0.3) is 0 Å². The fourth-order valence-electron chi connectivity index (χ4n) is 4.00. The molecular weight excluding hydrogens is 358 g/mol. The fraction of sp³-hybridized carbons (Fsp3) is 0.409. The van der Waals surface area contributed by atoms with E-state index in [1.165, 1.54) is 16.7 Å². The Balaban J connectivity index is 1.25. The second-order valence-electron chi connectivity index (χ2n) is 7.52. The predicted octanol–water partition coefficient (Wildman–Crippen LogP) is 3.04. The van der Waals surface area contributed by atoms with Gasteiger partial charge in [0.2, 0.25) is 5.91 Å². The number of nitrogens with zero attached hydrogens (tertiary/aromatic N) is 3. The summed E-state index contributed by atoms with van der Waals surface area (Å²) in [6.45, 7) is 6.91. The van der Waals surface area contributed by atoms with Crippen LogP contribution in [0.25, 0.3) is 0 Å². The highest BCUT2D eigenvalue weighted by Crippen LogP contribution is 2.19. The molecule has 2 aromatic carbocycles. The number of rotatable bonds is 4. The molecule has 0 aliphatic carbocycles. The molecule has 5 heteroatoms. The van der Waals surface area contributed by atoms with Crippen LogP contribution in [-0.4, -0.2) is 59.9 Å². The van der Waals surface area contributed by atoms with E-state index in [9.17, 15) is 4.79 Å². The summed E-state index contributed by atoms with van der Waals surface area (Å²) in [7, 11) is 0. The summed E-state index contributed by atoms with van der Waals surface area (Å²) in [5.41, 5.74) is 3.93. The van der Waals surface area contributed by atoms with Gasteiger partial charge in [0.15, 0.2) is 0 Å². The zero-order chi connectivity index (χ0) is 18.6. The first-order valence-electron chi connectivity index (χ1n) is 9.71. The van der Waals surface area contributed by atoms with E-state index in [1.54, 1.807) is 0 Å². The Labute approximate surface area is 166 Å². The van der Waals surface area contributed by atoms with Crippen molar-refractivity contribution in [1.82, 2.24) is 14.7 Å². The van der Waals surface area contributed by atoms with E-state index < -0.39 is 0 Å². The van der Waals surface area contributed by atoms with Gasteiger partial charge in [-0.2, -0.15) is 0 Å². The molecule has 2 heterocycles. The molecule has 27 heavy (non-hydrogen) atoms. The summed E-state index contributed by atoms with van der Waals surface area (Å²) in [6.07, 6.45) is 0.968. The summed E-state index contributed by atoms with van der Waals surface area (Å²) in [5.74, 6) is 0.257. The third kappa shape index (κ3) is 4.70. The maximum Gasteiger partial charge on any atom is 0.237 e. The topological polar surface area (TPSA) is 26.8 Å². The monoisotopic (exact) mass is 383 g/mol. The van der Waals surface area contributed by atoms with Gasteiger partial charge < -0.3 is 4.90 Å². The summed E-state index contributed by atoms with van der Waals surface area (Å²) in [5, 5.41) is 0.792. The highest BCUT2D eigenvalue weighted by Gasteiger charge is 2.24. The van der Waals surface area contributed by atoms with Crippen LogP contribution in [-0.2, 0) is 24.3 Å². The average molecular weight is 384 g/mol. The summed E-state index contributed by atoms with van der Waals surface area (Å²) < 4.78 is 0. The van der Waals surface area contributed by atoms with Crippen molar-refractivity contribution in [3.8, 4) is 0 Å². The molecule has 2 aliphatic heterocycles. The third-order valence-electron chi connectivity index (χ3n) is 5.60. The molecule has 4 rings (SSSR count). The smallest absolute Gasteiger partial charge is 0.237 e. The van der Waals surface area contributed by atoms with E-state index in [0.29, 0.717) is 6.54 Å². The number of amides is 1. The Morgan fingerprint density at radius 2 is 1.63 bits per heavy atom. The van der Waals surface area contributed by atoms with Crippen molar-refractivity contribution >= 4 is 17.5 Å². The first-order chi connectivity index (χ1) is 13.2. The lowest BCUT2D eigenvalue weighted by Gasteiger charge is -2.36. The molecule has 0 bridgehead atoms. The third-order valence-corrected chi connectivity index (χ3v) is 5.84. The van der Waals surface area contributed by atoms with Gasteiger partial charge in [-0.15, -0.1) is 0 Å². The molecule has 142 valence electrons. The van der Waals surface area contributed by atoms with Gasteiger partial charge in [-0.1, -0.05) is 48.0 Å². The van der Waals surface area contributed by atoms with Crippen LogP contribution in [0, 0.1) is 0 Å². The first-order valence-corrected chi connectivity index (χ1v) is 10.1. The molecule has 0 N–H and O–H groups in total. The molecule has 0 spiro atoms. The molecule has 0 saturated carbocycles. The van der Waals surface area contributed by atoms with Crippen LogP contribution in [0.15, 0.2) is 48.5 Å². The van der Waals surface area contributed by atoms with E-state index in [1.807, 2.05) is 23.1 Å². The van der Waals surface area contributed by atoms with Gasteiger partial charge in [-0.25, -0.2) is 0 Å². The largest absolute Gasteiger partial charge is 0.337 e. The van der Waals surface area contributed by atoms with Crippen molar-refractivity contribution in [3.05, 3.63) is 70.2 Å². The number of halogens is 1. The molecule has 2 aliphatic rings. The summed E-state index contributed by atoms with van der Waals surface area (Å²) in [6, 6.07) is 16.5. The van der Waals surface area contributed by atoms with E-state index in [0.717, 1.165) is 57.3 Å². The normalized spacial score (nSPS) is 18.3. The summed E-state index contributed by atoms with van der Waals surface area (Å²) >= 11 is 6.08. The van der Waals surface area contributed by atoms with Crippen LogP contribution in [0.5, 0.6) is 0 Å². The van der Waals surface area contributed by atoms with Crippen molar-refractivity contribution < 1.29 is 4.79 Å². The van der Waals surface area contributed by atoms with Crippen molar-refractivity contribution in [1.29, 1.82) is 0 Å². The Hall–Kier alpha value is -1.88. The van der Waals surface area contributed by atoms with Crippen molar-refractivity contribution in [3.63, 3.8) is 0 Å². The van der Waals surface area contributed by atoms with Crippen molar-refractivity contribution in [2.45, 2.75) is 19.5 Å². The highest BCUT2D eigenvalue weighted by molar-refractivity contribution is 6.30. The SMILES string of the molecule is O=C(CN1CCN(Cc2cccc(Cl)c2)CC1)N1CCc2ccccc2C1. The molecule has 1 saturated heterocycles. The number of fused-ring (bicyclic) bond motifs is 1. The minimum atomic E-state index is 0.257. The Morgan fingerprint density at radius 1 is 0.889 bits per heavy atom. The number of hydrogen-bond donors (Lipinski definition) is 0. The molecule has 1 amide bonds. The molecule has 1 fully saturated rings. The van der Waals surface area contributed by atoms with Gasteiger partial charge in [0.1, 0.15) is 0 Å². The van der Waals surface area contributed by atoms with Gasteiger partial charge in [0.05, 0.1) is 6.54 Å². The van der Waals surface area contributed by atoms with Gasteiger partial charge in [-0.05, 0) is 35.2 Å². The molecule has 0 radical (unpaired) electrons. The molecular formula is C22H26ClN3O. The Bertz CT molecular complexity index is 802. The molecule has 4 nitrogen and oxygen atoms in total. The zero-order valence-corrected chi connectivity index (χ0v) is 16.4. The predicted molar refractivity (Wildman–Crippen MR) is 109 cm³/mol. The lowest BCUT2D eigenvalue weighted by molar-refractivity contribution is -0.133. The standard InChI is InChI=1S/C22H26ClN3O/c23-21-7-3-4-18(14-21)15-24-10-12-25(13-11-24)17-22(27)26-9-8-19-5-1-2-6-20(19)16-26/h1-7,14H,8-13,15-17H2. The van der Waals surface area contributed by atoms with Gasteiger partial charge in [-0.3, -0.25) is 14.6 Å². The summed E-state index contributed by atoms with van der Waals surface area (Å²) in [4.78, 5) is 19.5. The number of hydrogen-bond acceptors (Lipinski definition) is 3. The fourth-order valence-corrected chi connectivity index (χ4v) is 4.21. The Kier molecular flexibility index (Phi) is 5.77. The quantitative estimate of drug-likeness (QED) is 0.811. The van der Waals surface area contributed by atoms with Crippen molar-refractivity contribution in [2.24, 2.45) is 0 Å². The van der Waals surface area contributed by atoms with Crippen LogP contribution < -0.4 is 0 Å². The van der Waals surface area contributed by atoms with Crippen LogP contribution in [0.4, 0.5) is 0 Å². The zero-order valence-electron chi connectivity index (χ0n) is 15.6. The highest BCUT2D eigenvalue weighted by atomic mass is 35.5. The molecule has 2 aromatic rings. The lowest BCUT2D eigenvalue weighted by atomic mass is 10.00. The van der Waals surface area contributed by atoms with Gasteiger partial charge in [0, 0.05) is 50.8 Å². The van der Waals surface area contributed by atoms with E-state index >= 15 is 0 Å². The first kappa shape index (κ1) is 18.5. The van der Waals surface area contributed by atoms with E-state index in [2.05, 4.69) is 40.1 Å². The minimum Gasteiger partial charge on any atom is -0.337 e. The van der Waals surface area contributed by atoms with Crippen LogP contribution in [0.2, 0.25) is 5.02 Å². The second-order valence-corrected chi connectivity index (χ2v) is 7.95. The number of carbonyl (C=O) groups excluding carboxylic acids is 1. The van der Waals surface area contributed by atoms with Crippen LogP contribution >= 0.6 is 11.6 Å². The lowest BCUT2D eigenvalue weighted by Crippen LogP contribution is -2.50. The molecule has 0 atom stereocenters. The number of carbonyl (C=O) groups is 1. The van der Waals surface area contributed by atoms with E-state index in [-0.39, 0.29) is 5.91 Å². The second kappa shape index (κ2) is 8.42. The van der Waals surface area contributed by atoms with E-state index in [4.69, 9.17) is 11.6 Å². The molecule has 0 aromatic heterocycles. The minimum absolute atomic E-state index is 0.257. The van der Waals surface area contributed by atoms with Crippen LogP contribution in [0.1, 0.15) is 16.7 Å². The number of benzene rings is 2. The maximum atomic E-state index is 12.7. The molecule has 0 unspecified atom stereocenters. The van der Waals surface area contributed by atoms with Crippen LogP contribution in [0.3, 0.4) is 0 Å². The Morgan fingerprint density at radius 3 is 2.41 bits per heavy atom. The maximum absolute atomic E-state index is 12.7. The average Bonchev–Trinajstić information content (AvgIpc) is 2.69.